The molecule has 1 heterocycles. The van der Waals surface area contributed by atoms with Crippen molar-refractivity contribution < 1.29 is 0 Å². The van der Waals surface area contributed by atoms with Crippen LogP contribution in [-0.4, -0.2) is 17.0 Å². The van der Waals surface area contributed by atoms with Crippen LogP contribution in [0.25, 0.3) is 0 Å². The summed E-state index contributed by atoms with van der Waals surface area (Å²) in [6.07, 6.45) is 1.42. The van der Waals surface area contributed by atoms with Gasteiger partial charge in [-0.15, -0.1) is 0 Å². The Morgan fingerprint density at radius 3 is 2.37 bits per heavy atom. The molecule has 0 saturated heterocycles. The van der Waals surface area contributed by atoms with Gasteiger partial charge in [0.2, 0.25) is 0 Å². The zero-order valence-electron chi connectivity index (χ0n) is 11.6. The van der Waals surface area contributed by atoms with Crippen LogP contribution in [0.2, 0.25) is 0 Å². The quantitative estimate of drug-likeness (QED) is 0.824. The van der Waals surface area contributed by atoms with Crippen molar-refractivity contribution in [2.45, 2.75) is 20.8 Å². The minimum Gasteiger partial charge on any atom is -0.329 e. The molecule has 0 bridgehead atoms. The first-order valence-corrected chi connectivity index (χ1v) is 6.06. The highest BCUT2D eigenvalue weighted by molar-refractivity contribution is 5.65. The van der Waals surface area contributed by atoms with Gasteiger partial charge in [0.05, 0.1) is 0 Å². The largest absolute Gasteiger partial charge is 0.329 e. The molecule has 1 aromatic carbocycles. The lowest BCUT2D eigenvalue weighted by atomic mass is 10.0. The third-order valence-electron chi connectivity index (χ3n) is 3.28. The van der Waals surface area contributed by atoms with Gasteiger partial charge in [-0.25, -0.2) is 9.97 Å². The number of anilines is 2. The SMILES string of the molecule is Cc1cc(C)c(N(C)c2cc(C#N)ncn2)cc1C. The Labute approximate surface area is 113 Å². The highest BCUT2D eigenvalue weighted by Crippen LogP contribution is 2.27. The molecule has 0 fully saturated rings. The summed E-state index contributed by atoms with van der Waals surface area (Å²) < 4.78 is 0. The summed E-state index contributed by atoms with van der Waals surface area (Å²) >= 11 is 0. The second kappa shape index (κ2) is 5.07. The van der Waals surface area contributed by atoms with E-state index in [1.807, 2.05) is 18.0 Å². The van der Waals surface area contributed by atoms with Crippen LogP contribution in [0.4, 0.5) is 11.5 Å². The summed E-state index contributed by atoms with van der Waals surface area (Å²) in [6, 6.07) is 8.02. The van der Waals surface area contributed by atoms with Gasteiger partial charge in [0.1, 0.15) is 23.9 Å². The van der Waals surface area contributed by atoms with Gasteiger partial charge in [0.15, 0.2) is 0 Å². The second-order valence-corrected chi connectivity index (χ2v) is 4.66. The normalized spacial score (nSPS) is 10.1. The maximum atomic E-state index is 8.89. The molecule has 1 aromatic heterocycles. The molecular formula is C15H16N4. The lowest BCUT2D eigenvalue weighted by molar-refractivity contribution is 1.06. The summed E-state index contributed by atoms with van der Waals surface area (Å²) in [5.74, 6) is 0.720. The molecule has 96 valence electrons. The molecule has 4 heteroatoms. The summed E-state index contributed by atoms with van der Waals surface area (Å²) in [4.78, 5) is 10.1. The number of aryl methyl sites for hydroxylation is 3. The van der Waals surface area contributed by atoms with Crippen LogP contribution >= 0.6 is 0 Å². The Kier molecular flexibility index (Phi) is 3.48. The summed E-state index contributed by atoms with van der Waals surface area (Å²) in [6.45, 7) is 6.27. The molecule has 0 saturated carbocycles. The Morgan fingerprint density at radius 1 is 1.00 bits per heavy atom. The molecule has 19 heavy (non-hydrogen) atoms. The molecule has 0 amide bonds. The van der Waals surface area contributed by atoms with Gasteiger partial charge in [-0.2, -0.15) is 5.26 Å². The summed E-state index contributed by atoms with van der Waals surface area (Å²) in [7, 11) is 1.95. The van der Waals surface area contributed by atoms with Crippen molar-refractivity contribution >= 4 is 11.5 Å². The topological polar surface area (TPSA) is 52.8 Å². The molecule has 0 radical (unpaired) electrons. The molecule has 0 N–H and O–H groups in total. The number of hydrogen-bond acceptors (Lipinski definition) is 4. The van der Waals surface area contributed by atoms with Crippen LogP contribution in [0.3, 0.4) is 0 Å². The van der Waals surface area contributed by atoms with Crippen LogP contribution in [0.15, 0.2) is 24.5 Å². The third-order valence-corrected chi connectivity index (χ3v) is 3.28. The number of nitriles is 1. The van der Waals surface area contributed by atoms with Crippen molar-refractivity contribution in [3.05, 3.63) is 46.9 Å². The van der Waals surface area contributed by atoms with Crippen molar-refractivity contribution in [3.63, 3.8) is 0 Å². The lowest BCUT2D eigenvalue weighted by Gasteiger charge is -2.21. The van der Waals surface area contributed by atoms with E-state index in [9.17, 15) is 0 Å². The van der Waals surface area contributed by atoms with E-state index in [4.69, 9.17) is 5.26 Å². The predicted molar refractivity (Wildman–Crippen MR) is 75.5 cm³/mol. The van der Waals surface area contributed by atoms with Gasteiger partial charge in [-0.3, -0.25) is 0 Å². The minimum absolute atomic E-state index is 0.373. The van der Waals surface area contributed by atoms with Gasteiger partial charge in [-0.05, 0) is 43.5 Å². The van der Waals surface area contributed by atoms with Crippen molar-refractivity contribution in [1.29, 1.82) is 5.26 Å². The van der Waals surface area contributed by atoms with Gasteiger partial charge >= 0.3 is 0 Å². The molecule has 0 unspecified atom stereocenters. The van der Waals surface area contributed by atoms with Crippen LogP contribution in [0.5, 0.6) is 0 Å². The third kappa shape index (κ3) is 2.55. The van der Waals surface area contributed by atoms with Crippen molar-refractivity contribution in [2.75, 3.05) is 11.9 Å². The molecule has 0 aliphatic carbocycles. The summed E-state index contributed by atoms with van der Waals surface area (Å²) in [5, 5.41) is 8.89. The van der Waals surface area contributed by atoms with E-state index in [0.29, 0.717) is 5.69 Å². The zero-order chi connectivity index (χ0) is 14.0. The first-order chi connectivity index (χ1) is 9.02. The Balaban J connectivity index is 2.47. The van der Waals surface area contributed by atoms with Gasteiger partial charge < -0.3 is 4.90 Å². The molecule has 0 aliphatic rings. The van der Waals surface area contributed by atoms with E-state index in [0.717, 1.165) is 11.5 Å². The van der Waals surface area contributed by atoms with Crippen molar-refractivity contribution in [2.24, 2.45) is 0 Å². The highest BCUT2D eigenvalue weighted by Gasteiger charge is 2.10. The fraction of sp³-hybridized carbons (Fsp3) is 0.267. The number of aromatic nitrogens is 2. The van der Waals surface area contributed by atoms with E-state index < -0.39 is 0 Å². The first-order valence-electron chi connectivity index (χ1n) is 6.06. The lowest BCUT2D eigenvalue weighted by Crippen LogP contribution is -2.13. The molecule has 2 rings (SSSR count). The molecule has 0 spiro atoms. The fourth-order valence-electron chi connectivity index (χ4n) is 2.02. The van der Waals surface area contributed by atoms with Gasteiger partial charge in [0.25, 0.3) is 0 Å². The average Bonchev–Trinajstić information content (AvgIpc) is 2.42. The van der Waals surface area contributed by atoms with Crippen LogP contribution < -0.4 is 4.90 Å². The van der Waals surface area contributed by atoms with Gasteiger partial charge in [0, 0.05) is 18.8 Å². The maximum Gasteiger partial charge on any atom is 0.145 e. The Bertz CT molecular complexity index is 656. The summed E-state index contributed by atoms with van der Waals surface area (Å²) in [5.41, 5.74) is 5.16. The molecule has 0 aliphatic heterocycles. The minimum atomic E-state index is 0.373. The van der Waals surface area contributed by atoms with Gasteiger partial charge in [-0.1, -0.05) is 6.07 Å². The molecular weight excluding hydrogens is 236 g/mol. The number of rotatable bonds is 2. The Morgan fingerprint density at radius 2 is 1.68 bits per heavy atom. The second-order valence-electron chi connectivity index (χ2n) is 4.66. The predicted octanol–water partition coefficient (Wildman–Crippen LogP) is 3.04. The van der Waals surface area contributed by atoms with E-state index in [1.54, 1.807) is 6.07 Å². The van der Waals surface area contributed by atoms with E-state index in [2.05, 4.69) is 42.9 Å². The maximum absolute atomic E-state index is 8.89. The highest BCUT2D eigenvalue weighted by atomic mass is 15.2. The smallest absolute Gasteiger partial charge is 0.145 e. The standard InChI is InChI=1S/C15H16N4/c1-10-5-12(3)14(6-11(10)2)19(4)15-7-13(8-16)17-9-18-15/h5-7,9H,1-4H3. The van der Waals surface area contributed by atoms with E-state index >= 15 is 0 Å². The van der Waals surface area contributed by atoms with E-state index in [-0.39, 0.29) is 0 Å². The molecule has 2 aromatic rings. The average molecular weight is 252 g/mol. The zero-order valence-corrected chi connectivity index (χ0v) is 11.6. The van der Waals surface area contributed by atoms with Crippen LogP contribution in [0.1, 0.15) is 22.4 Å². The van der Waals surface area contributed by atoms with Crippen LogP contribution in [0, 0.1) is 32.1 Å². The Hall–Kier alpha value is -2.41. The monoisotopic (exact) mass is 252 g/mol. The molecule has 4 nitrogen and oxygen atoms in total. The van der Waals surface area contributed by atoms with E-state index in [1.165, 1.54) is 23.0 Å². The fourth-order valence-corrected chi connectivity index (χ4v) is 2.02. The first kappa shape index (κ1) is 13.0. The number of nitrogens with zero attached hydrogens (tertiary/aromatic N) is 4. The molecule has 0 atom stereocenters. The van der Waals surface area contributed by atoms with Crippen molar-refractivity contribution in [3.8, 4) is 6.07 Å². The van der Waals surface area contributed by atoms with Crippen LogP contribution in [-0.2, 0) is 0 Å². The van der Waals surface area contributed by atoms with Crippen molar-refractivity contribution in [1.82, 2.24) is 9.97 Å². The number of benzene rings is 1. The number of hydrogen-bond donors (Lipinski definition) is 0.